The predicted octanol–water partition coefficient (Wildman–Crippen LogP) is 5.11. The summed E-state index contributed by atoms with van der Waals surface area (Å²) < 4.78 is 10.6. The van der Waals surface area contributed by atoms with Crippen LogP contribution in [0.2, 0.25) is 0 Å². The predicted molar refractivity (Wildman–Crippen MR) is 146 cm³/mol. The Morgan fingerprint density at radius 3 is 2.68 bits per heavy atom. The molecular weight excluding hydrogens is 500 g/mol. The lowest BCUT2D eigenvalue weighted by molar-refractivity contribution is 0.0711. The molecule has 0 bridgehead atoms. The second kappa shape index (κ2) is 11.6. The van der Waals surface area contributed by atoms with Gasteiger partial charge in [0.15, 0.2) is 0 Å². The number of ether oxygens (including phenoxy) is 1. The average Bonchev–Trinajstić information content (AvgIpc) is 3.61. The summed E-state index contributed by atoms with van der Waals surface area (Å²) >= 11 is 1.51. The van der Waals surface area contributed by atoms with E-state index in [0.29, 0.717) is 48.8 Å². The minimum Gasteiger partial charge on any atom is -0.497 e. The highest BCUT2D eigenvalue weighted by Crippen LogP contribution is 2.33. The van der Waals surface area contributed by atoms with Gasteiger partial charge in [0, 0.05) is 36.5 Å². The van der Waals surface area contributed by atoms with Crippen molar-refractivity contribution < 1.29 is 18.8 Å². The van der Waals surface area contributed by atoms with Gasteiger partial charge in [0.2, 0.25) is 0 Å². The van der Waals surface area contributed by atoms with Crippen molar-refractivity contribution in [1.29, 1.82) is 0 Å². The second-order valence-electron chi connectivity index (χ2n) is 9.32. The summed E-state index contributed by atoms with van der Waals surface area (Å²) in [5, 5.41) is 9.88. The van der Waals surface area contributed by atoms with Crippen molar-refractivity contribution in [3.8, 4) is 17.0 Å². The Labute approximate surface area is 225 Å². The van der Waals surface area contributed by atoms with Crippen LogP contribution in [0.1, 0.15) is 55.9 Å². The largest absolute Gasteiger partial charge is 0.497 e. The first-order valence-electron chi connectivity index (χ1n) is 12.7. The third-order valence-electron chi connectivity index (χ3n) is 6.84. The van der Waals surface area contributed by atoms with Crippen LogP contribution in [-0.4, -0.2) is 53.6 Å². The minimum atomic E-state index is -0.167. The van der Waals surface area contributed by atoms with Gasteiger partial charge in [0.05, 0.1) is 12.1 Å². The Bertz CT molecular complexity index is 1410. The summed E-state index contributed by atoms with van der Waals surface area (Å²) in [4.78, 5) is 32.5. The van der Waals surface area contributed by atoms with Crippen LogP contribution in [0, 0.1) is 6.92 Å². The fourth-order valence-corrected chi connectivity index (χ4v) is 5.69. The maximum absolute atomic E-state index is 13.4. The first-order chi connectivity index (χ1) is 18.5. The Morgan fingerprint density at radius 2 is 1.92 bits per heavy atom. The summed E-state index contributed by atoms with van der Waals surface area (Å²) in [5.41, 5.74) is 3.51. The number of amides is 2. The molecule has 38 heavy (non-hydrogen) atoms. The number of rotatable bonds is 8. The third-order valence-corrected chi connectivity index (χ3v) is 7.85. The molecular formula is C29H30N4O4S. The van der Waals surface area contributed by atoms with Gasteiger partial charge >= 0.3 is 0 Å². The summed E-state index contributed by atoms with van der Waals surface area (Å²) in [5.74, 6) is 1.33. The van der Waals surface area contributed by atoms with Crippen molar-refractivity contribution in [1.82, 2.24) is 20.4 Å². The van der Waals surface area contributed by atoms with Crippen LogP contribution in [-0.2, 0) is 6.42 Å². The lowest BCUT2D eigenvalue weighted by atomic mass is 9.96. The topological polar surface area (TPSA) is 97.6 Å². The number of aryl methyl sites for hydroxylation is 1. The molecule has 8 nitrogen and oxygen atoms in total. The molecule has 0 unspecified atom stereocenters. The molecule has 0 spiro atoms. The molecule has 5 rings (SSSR count). The Morgan fingerprint density at radius 1 is 1.13 bits per heavy atom. The van der Waals surface area contributed by atoms with Gasteiger partial charge in [-0.05, 0) is 43.9 Å². The van der Waals surface area contributed by atoms with Gasteiger partial charge in [-0.1, -0.05) is 47.6 Å². The number of benzene rings is 2. The molecule has 1 fully saturated rings. The summed E-state index contributed by atoms with van der Waals surface area (Å²) in [6.07, 6.45) is 2.30. The van der Waals surface area contributed by atoms with Crippen LogP contribution in [0.4, 0.5) is 0 Å². The standard InChI is InChI=1S/C29H30N4O4S/c1-19-25(26(32-37-19)21-8-4-3-5-9-21)29(35)33-15-12-22(13-16-33)28-31-24(18-38-28)27(34)30-14-11-20-7-6-10-23(17-20)36-2/h3-10,17-18,22H,11-16H2,1-2H3,(H,30,34). The number of likely N-dealkylation sites (tertiary alicyclic amines) is 1. The highest BCUT2D eigenvalue weighted by Gasteiger charge is 2.30. The Kier molecular flexibility index (Phi) is 7.83. The number of thiazole rings is 1. The fraction of sp³-hybridized carbons (Fsp3) is 0.310. The number of aromatic nitrogens is 2. The van der Waals surface area contributed by atoms with Gasteiger partial charge in [-0.2, -0.15) is 0 Å². The summed E-state index contributed by atoms with van der Waals surface area (Å²) in [6, 6.07) is 17.4. The maximum Gasteiger partial charge on any atom is 0.270 e. The van der Waals surface area contributed by atoms with Crippen molar-refractivity contribution in [2.75, 3.05) is 26.7 Å². The van der Waals surface area contributed by atoms with E-state index in [2.05, 4.69) is 15.5 Å². The number of nitrogens with zero attached hydrogens (tertiary/aromatic N) is 3. The second-order valence-corrected chi connectivity index (χ2v) is 10.2. The van der Waals surface area contributed by atoms with Crippen LogP contribution < -0.4 is 10.1 Å². The van der Waals surface area contributed by atoms with Crippen molar-refractivity contribution in [3.63, 3.8) is 0 Å². The number of hydrogen-bond donors (Lipinski definition) is 1. The van der Waals surface area contributed by atoms with E-state index in [1.54, 1.807) is 14.0 Å². The quantitative estimate of drug-likeness (QED) is 0.340. The lowest BCUT2D eigenvalue weighted by Gasteiger charge is -2.31. The fourth-order valence-electron chi connectivity index (χ4n) is 4.72. The molecule has 0 radical (unpaired) electrons. The summed E-state index contributed by atoms with van der Waals surface area (Å²) in [7, 11) is 1.64. The molecule has 0 aliphatic carbocycles. The SMILES string of the molecule is COc1cccc(CCNC(=O)c2csc(C3CCN(C(=O)c4c(-c5ccccc5)noc4C)CC3)n2)c1. The zero-order valence-corrected chi connectivity index (χ0v) is 22.3. The molecule has 9 heteroatoms. The van der Waals surface area contributed by atoms with Crippen molar-refractivity contribution in [3.05, 3.63) is 87.6 Å². The zero-order valence-electron chi connectivity index (χ0n) is 21.5. The third kappa shape index (κ3) is 5.62. The number of piperidine rings is 1. The van der Waals surface area contributed by atoms with Gasteiger partial charge in [0.1, 0.15) is 28.5 Å². The Hall–Kier alpha value is -3.98. The van der Waals surface area contributed by atoms with E-state index in [0.717, 1.165) is 34.7 Å². The van der Waals surface area contributed by atoms with Crippen LogP contribution in [0.15, 0.2) is 64.5 Å². The molecule has 2 amide bonds. The molecule has 0 saturated carbocycles. The minimum absolute atomic E-state index is 0.0590. The van der Waals surface area contributed by atoms with Gasteiger partial charge in [-0.15, -0.1) is 11.3 Å². The number of carbonyl (C=O) groups is 2. The van der Waals surface area contributed by atoms with E-state index < -0.39 is 0 Å². The van der Waals surface area contributed by atoms with Gasteiger partial charge in [-0.3, -0.25) is 9.59 Å². The number of methoxy groups -OCH3 is 1. The van der Waals surface area contributed by atoms with E-state index in [-0.39, 0.29) is 17.7 Å². The molecule has 2 aromatic heterocycles. The molecule has 3 heterocycles. The first-order valence-corrected chi connectivity index (χ1v) is 13.6. The number of hydrogen-bond acceptors (Lipinski definition) is 7. The van der Waals surface area contributed by atoms with E-state index in [9.17, 15) is 9.59 Å². The molecule has 0 atom stereocenters. The van der Waals surface area contributed by atoms with Crippen molar-refractivity contribution in [2.24, 2.45) is 0 Å². The molecule has 2 aromatic carbocycles. The number of nitrogens with one attached hydrogen (secondary N) is 1. The maximum atomic E-state index is 13.4. The molecule has 4 aromatic rings. The van der Waals surface area contributed by atoms with E-state index in [1.165, 1.54) is 11.3 Å². The van der Waals surface area contributed by atoms with Gasteiger partial charge < -0.3 is 19.5 Å². The molecule has 1 saturated heterocycles. The van der Waals surface area contributed by atoms with Crippen molar-refractivity contribution in [2.45, 2.75) is 32.1 Å². The van der Waals surface area contributed by atoms with Crippen LogP contribution in [0.3, 0.4) is 0 Å². The zero-order chi connectivity index (χ0) is 26.5. The smallest absolute Gasteiger partial charge is 0.270 e. The monoisotopic (exact) mass is 530 g/mol. The van der Waals surface area contributed by atoms with E-state index in [4.69, 9.17) is 9.26 Å². The number of carbonyl (C=O) groups excluding carboxylic acids is 2. The van der Waals surface area contributed by atoms with Crippen molar-refractivity contribution >= 4 is 23.2 Å². The van der Waals surface area contributed by atoms with E-state index >= 15 is 0 Å². The lowest BCUT2D eigenvalue weighted by Crippen LogP contribution is -2.38. The Balaban J connectivity index is 1.15. The average molecular weight is 531 g/mol. The highest BCUT2D eigenvalue weighted by molar-refractivity contribution is 7.09. The van der Waals surface area contributed by atoms with Gasteiger partial charge in [-0.25, -0.2) is 4.98 Å². The van der Waals surface area contributed by atoms with Crippen LogP contribution in [0.25, 0.3) is 11.3 Å². The molecule has 1 aliphatic heterocycles. The van der Waals surface area contributed by atoms with Gasteiger partial charge in [0.25, 0.3) is 11.8 Å². The van der Waals surface area contributed by atoms with E-state index in [1.807, 2.05) is 64.9 Å². The first kappa shape index (κ1) is 25.7. The molecule has 196 valence electrons. The normalized spacial score (nSPS) is 13.9. The highest BCUT2D eigenvalue weighted by atomic mass is 32.1. The van der Waals surface area contributed by atoms with Crippen LogP contribution in [0.5, 0.6) is 5.75 Å². The summed E-state index contributed by atoms with van der Waals surface area (Å²) in [6.45, 7) is 3.53. The van der Waals surface area contributed by atoms with Crippen LogP contribution >= 0.6 is 11.3 Å². The molecule has 1 aliphatic rings. The molecule has 1 N–H and O–H groups in total.